The smallest absolute Gasteiger partial charge is 0.322 e. The molecule has 34 heavy (non-hydrogen) atoms. The van der Waals surface area contributed by atoms with E-state index in [1.807, 2.05) is 67.6 Å². The Bertz CT molecular complexity index is 1410. The zero-order valence-corrected chi connectivity index (χ0v) is 18.4. The number of carbonyl (C=O) groups excluding carboxylic acids is 3. The van der Waals surface area contributed by atoms with Crippen LogP contribution in [0, 0.1) is 6.92 Å². The molecular formula is C27H22N4O3. The molecule has 3 amide bonds. The van der Waals surface area contributed by atoms with Gasteiger partial charge in [-0.2, -0.15) is 5.10 Å². The molecule has 4 rings (SSSR count). The summed E-state index contributed by atoms with van der Waals surface area (Å²) in [7, 11) is 0. The van der Waals surface area contributed by atoms with E-state index in [0.29, 0.717) is 5.69 Å². The molecule has 0 bridgehead atoms. The SMILES string of the molecule is Cc1cccc(NC(=O)c2ccccc2NC(=O)C(=O)NN=Cc2cccc3ccccc23)c1. The van der Waals surface area contributed by atoms with E-state index in [-0.39, 0.29) is 11.3 Å². The van der Waals surface area contributed by atoms with Crippen LogP contribution in [0.4, 0.5) is 11.4 Å². The van der Waals surface area contributed by atoms with Crippen LogP contribution in [0.1, 0.15) is 21.5 Å². The molecule has 0 aromatic heterocycles. The lowest BCUT2D eigenvalue weighted by Gasteiger charge is -2.11. The van der Waals surface area contributed by atoms with E-state index in [0.717, 1.165) is 21.9 Å². The Kier molecular flexibility index (Phi) is 6.74. The average molecular weight is 450 g/mol. The number of nitrogens with zero attached hydrogens (tertiary/aromatic N) is 1. The summed E-state index contributed by atoms with van der Waals surface area (Å²) in [5.74, 6) is -2.30. The first-order valence-electron chi connectivity index (χ1n) is 10.6. The van der Waals surface area contributed by atoms with E-state index < -0.39 is 17.7 Å². The second-order valence-electron chi connectivity index (χ2n) is 7.59. The molecule has 0 aliphatic rings. The van der Waals surface area contributed by atoms with Crippen molar-refractivity contribution in [3.8, 4) is 0 Å². The van der Waals surface area contributed by atoms with Gasteiger partial charge in [0.25, 0.3) is 5.91 Å². The molecule has 7 nitrogen and oxygen atoms in total. The average Bonchev–Trinajstić information content (AvgIpc) is 2.84. The molecule has 7 heteroatoms. The number of amides is 3. The fourth-order valence-corrected chi connectivity index (χ4v) is 3.46. The Labute approximate surface area is 196 Å². The molecule has 0 saturated heterocycles. The molecule has 0 radical (unpaired) electrons. The number of rotatable bonds is 5. The van der Waals surface area contributed by atoms with Gasteiger partial charge < -0.3 is 10.6 Å². The van der Waals surface area contributed by atoms with Gasteiger partial charge >= 0.3 is 11.8 Å². The van der Waals surface area contributed by atoms with Crippen LogP contribution in [0.5, 0.6) is 0 Å². The van der Waals surface area contributed by atoms with Gasteiger partial charge in [0.05, 0.1) is 17.5 Å². The van der Waals surface area contributed by atoms with Crippen molar-refractivity contribution in [3.63, 3.8) is 0 Å². The number of nitrogens with one attached hydrogen (secondary N) is 3. The second-order valence-corrected chi connectivity index (χ2v) is 7.59. The Morgan fingerprint density at radius 2 is 1.50 bits per heavy atom. The van der Waals surface area contributed by atoms with Crippen molar-refractivity contribution in [1.82, 2.24) is 5.43 Å². The second kappa shape index (κ2) is 10.2. The third-order valence-electron chi connectivity index (χ3n) is 5.10. The van der Waals surface area contributed by atoms with Crippen LogP contribution < -0.4 is 16.1 Å². The fraction of sp³-hybridized carbons (Fsp3) is 0.0370. The van der Waals surface area contributed by atoms with Gasteiger partial charge in [-0.3, -0.25) is 14.4 Å². The predicted molar refractivity (Wildman–Crippen MR) is 134 cm³/mol. The molecule has 4 aromatic carbocycles. The third kappa shape index (κ3) is 5.34. The molecule has 0 saturated carbocycles. The molecular weight excluding hydrogens is 428 g/mol. The van der Waals surface area contributed by atoms with Crippen molar-refractivity contribution in [2.75, 3.05) is 10.6 Å². The molecule has 0 spiro atoms. The highest BCUT2D eigenvalue weighted by Crippen LogP contribution is 2.19. The molecule has 0 fully saturated rings. The molecule has 3 N–H and O–H groups in total. The highest BCUT2D eigenvalue weighted by atomic mass is 16.2. The summed E-state index contributed by atoms with van der Waals surface area (Å²) < 4.78 is 0. The number of hydrogen-bond acceptors (Lipinski definition) is 4. The molecule has 168 valence electrons. The fourth-order valence-electron chi connectivity index (χ4n) is 3.46. The van der Waals surface area contributed by atoms with Gasteiger partial charge in [-0.05, 0) is 47.5 Å². The normalized spacial score (nSPS) is 10.7. The summed E-state index contributed by atoms with van der Waals surface area (Å²) in [6, 6.07) is 27.3. The van der Waals surface area contributed by atoms with E-state index in [4.69, 9.17) is 0 Å². The number of carbonyl (C=O) groups is 3. The molecule has 0 atom stereocenters. The maximum atomic E-state index is 12.7. The van der Waals surface area contributed by atoms with Crippen molar-refractivity contribution < 1.29 is 14.4 Å². The van der Waals surface area contributed by atoms with Crippen molar-refractivity contribution in [2.24, 2.45) is 5.10 Å². The number of hydrogen-bond donors (Lipinski definition) is 3. The standard InChI is InChI=1S/C27H22N4O3/c1-18-8-6-12-21(16-18)29-25(32)23-14-4-5-15-24(23)30-26(33)27(34)31-28-17-20-11-7-10-19-9-2-3-13-22(19)20/h2-17H,1H3,(H,29,32)(H,30,33)(H,31,34). The Balaban J connectivity index is 1.42. The van der Waals surface area contributed by atoms with Crippen molar-refractivity contribution >= 4 is 46.1 Å². The van der Waals surface area contributed by atoms with Crippen LogP contribution in [-0.2, 0) is 9.59 Å². The van der Waals surface area contributed by atoms with E-state index in [1.54, 1.807) is 30.3 Å². The van der Waals surface area contributed by atoms with Gasteiger partial charge in [0.15, 0.2) is 0 Å². The minimum absolute atomic E-state index is 0.214. The Morgan fingerprint density at radius 1 is 0.765 bits per heavy atom. The zero-order chi connectivity index (χ0) is 23.9. The quantitative estimate of drug-likeness (QED) is 0.237. The van der Waals surface area contributed by atoms with Gasteiger partial charge in [-0.15, -0.1) is 0 Å². The number of anilines is 2. The zero-order valence-electron chi connectivity index (χ0n) is 18.4. The van der Waals surface area contributed by atoms with Gasteiger partial charge in [0, 0.05) is 11.3 Å². The number of benzene rings is 4. The summed E-state index contributed by atoms with van der Waals surface area (Å²) in [6.07, 6.45) is 1.48. The highest BCUT2D eigenvalue weighted by Gasteiger charge is 2.17. The maximum absolute atomic E-state index is 12.7. The van der Waals surface area contributed by atoms with Crippen molar-refractivity contribution in [3.05, 3.63) is 108 Å². The molecule has 0 unspecified atom stereocenters. The van der Waals surface area contributed by atoms with Gasteiger partial charge in [-0.1, -0.05) is 66.7 Å². The number of hydrazone groups is 1. The van der Waals surface area contributed by atoms with Crippen LogP contribution in [0.25, 0.3) is 10.8 Å². The third-order valence-corrected chi connectivity index (χ3v) is 5.10. The monoisotopic (exact) mass is 450 g/mol. The Morgan fingerprint density at radius 3 is 2.35 bits per heavy atom. The Hall–Kier alpha value is -4.78. The van der Waals surface area contributed by atoms with E-state index >= 15 is 0 Å². The first kappa shape index (κ1) is 22.4. The van der Waals surface area contributed by atoms with Crippen molar-refractivity contribution in [1.29, 1.82) is 0 Å². The lowest BCUT2D eigenvalue weighted by molar-refractivity contribution is -0.136. The predicted octanol–water partition coefficient (Wildman–Crippen LogP) is 4.49. The lowest BCUT2D eigenvalue weighted by Crippen LogP contribution is -2.33. The van der Waals surface area contributed by atoms with Gasteiger partial charge in [0.1, 0.15) is 0 Å². The van der Waals surface area contributed by atoms with Crippen LogP contribution >= 0.6 is 0 Å². The summed E-state index contributed by atoms with van der Waals surface area (Å²) in [5, 5.41) is 11.2. The first-order chi connectivity index (χ1) is 16.5. The first-order valence-corrected chi connectivity index (χ1v) is 10.6. The minimum atomic E-state index is -0.953. The van der Waals surface area contributed by atoms with E-state index in [1.165, 1.54) is 6.21 Å². The summed E-state index contributed by atoms with van der Waals surface area (Å²) in [5.41, 5.74) is 5.10. The molecule has 0 heterocycles. The number of aryl methyl sites for hydroxylation is 1. The number of para-hydroxylation sites is 1. The minimum Gasteiger partial charge on any atom is -0.322 e. The lowest BCUT2D eigenvalue weighted by atomic mass is 10.1. The van der Waals surface area contributed by atoms with Crippen LogP contribution in [-0.4, -0.2) is 23.9 Å². The van der Waals surface area contributed by atoms with Crippen LogP contribution in [0.3, 0.4) is 0 Å². The molecule has 0 aliphatic carbocycles. The summed E-state index contributed by atoms with van der Waals surface area (Å²) in [4.78, 5) is 37.4. The van der Waals surface area contributed by atoms with Crippen LogP contribution in [0.15, 0.2) is 96.1 Å². The van der Waals surface area contributed by atoms with Crippen LogP contribution in [0.2, 0.25) is 0 Å². The summed E-state index contributed by atoms with van der Waals surface area (Å²) >= 11 is 0. The maximum Gasteiger partial charge on any atom is 0.329 e. The van der Waals surface area contributed by atoms with Gasteiger partial charge in [-0.25, -0.2) is 5.43 Å². The van der Waals surface area contributed by atoms with E-state index in [9.17, 15) is 14.4 Å². The van der Waals surface area contributed by atoms with Gasteiger partial charge in [0.2, 0.25) is 0 Å². The molecule has 0 aliphatic heterocycles. The largest absolute Gasteiger partial charge is 0.329 e. The molecule has 4 aromatic rings. The summed E-state index contributed by atoms with van der Waals surface area (Å²) in [6.45, 7) is 1.92. The topological polar surface area (TPSA) is 99.7 Å². The van der Waals surface area contributed by atoms with E-state index in [2.05, 4.69) is 21.2 Å². The number of fused-ring (bicyclic) bond motifs is 1. The highest BCUT2D eigenvalue weighted by molar-refractivity contribution is 6.40. The van der Waals surface area contributed by atoms with Crippen molar-refractivity contribution in [2.45, 2.75) is 6.92 Å².